The van der Waals surface area contributed by atoms with E-state index >= 15 is 0 Å². The third-order valence-corrected chi connectivity index (χ3v) is 3.12. The summed E-state index contributed by atoms with van der Waals surface area (Å²) in [4.78, 5) is 15.1. The zero-order valence-electron chi connectivity index (χ0n) is 12.6. The highest BCUT2D eigenvalue weighted by Gasteiger charge is 2.06. The third-order valence-electron chi connectivity index (χ3n) is 3.12. The van der Waals surface area contributed by atoms with E-state index in [0.717, 1.165) is 24.5 Å². The standard InChI is InChI=1S/C16H21N5/c1-4-8-18-16-19-13(2)12-15(20-16)21(3)11-7-14-5-9-17-10-6-14/h4-6,9-10,12H,1,7-8,11H2,2-3H3,(H,18,19,20). The molecule has 0 saturated carbocycles. The second-order valence-electron chi connectivity index (χ2n) is 4.89. The van der Waals surface area contributed by atoms with Crippen molar-refractivity contribution in [3.05, 3.63) is 54.5 Å². The van der Waals surface area contributed by atoms with E-state index in [0.29, 0.717) is 12.5 Å². The van der Waals surface area contributed by atoms with Gasteiger partial charge < -0.3 is 10.2 Å². The molecule has 0 aromatic carbocycles. The van der Waals surface area contributed by atoms with Gasteiger partial charge in [-0.25, -0.2) is 4.98 Å². The van der Waals surface area contributed by atoms with E-state index in [2.05, 4.69) is 31.7 Å². The summed E-state index contributed by atoms with van der Waals surface area (Å²) in [6.07, 6.45) is 6.39. The Morgan fingerprint density at radius 2 is 2.05 bits per heavy atom. The largest absolute Gasteiger partial charge is 0.359 e. The zero-order valence-corrected chi connectivity index (χ0v) is 12.6. The van der Waals surface area contributed by atoms with Crippen molar-refractivity contribution in [1.82, 2.24) is 15.0 Å². The predicted molar refractivity (Wildman–Crippen MR) is 86.7 cm³/mol. The van der Waals surface area contributed by atoms with Crippen LogP contribution in [0.15, 0.2) is 43.2 Å². The highest BCUT2D eigenvalue weighted by Crippen LogP contribution is 2.14. The summed E-state index contributed by atoms with van der Waals surface area (Å²) in [5.41, 5.74) is 2.22. The Morgan fingerprint density at radius 3 is 2.76 bits per heavy atom. The minimum Gasteiger partial charge on any atom is -0.359 e. The van der Waals surface area contributed by atoms with Crippen molar-refractivity contribution >= 4 is 11.8 Å². The average molecular weight is 283 g/mol. The maximum Gasteiger partial charge on any atom is 0.225 e. The molecule has 2 aromatic rings. The summed E-state index contributed by atoms with van der Waals surface area (Å²) in [7, 11) is 2.04. The van der Waals surface area contributed by atoms with Crippen LogP contribution in [0.1, 0.15) is 11.3 Å². The SMILES string of the molecule is C=CCNc1nc(C)cc(N(C)CCc2ccncc2)n1. The van der Waals surface area contributed by atoms with Crippen LogP contribution < -0.4 is 10.2 Å². The molecule has 0 unspecified atom stereocenters. The smallest absolute Gasteiger partial charge is 0.225 e. The molecule has 0 radical (unpaired) electrons. The van der Waals surface area contributed by atoms with Gasteiger partial charge in [-0.2, -0.15) is 4.98 Å². The fourth-order valence-electron chi connectivity index (χ4n) is 1.95. The number of nitrogens with one attached hydrogen (secondary N) is 1. The van der Waals surface area contributed by atoms with Crippen LogP contribution in [0.2, 0.25) is 0 Å². The molecule has 5 nitrogen and oxygen atoms in total. The van der Waals surface area contributed by atoms with Crippen LogP contribution in [-0.2, 0) is 6.42 Å². The molecular weight excluding hydrogens is 262 g/mol. The second-order valence-corrected chi connectivity index (χ2v) is 4.89. The zero-order chi connectivity index (χ0) is 15.1. The van der Waals surface area contributed by atoms with Gasteiger partial charge in [0.15, 0.2) is 0 Å². The van der Waals surface area contributed by atoms with Gasteiger partial charge in [0.2, 0.25) is 5.95 Å². The molecule has 1 N–H and O–H groups in total. The molecule has 0 atom stereocenters. The molecule has 5 heteroatoms. The van der Waals surface area contributed by atoms with E-state index in [-0.39, 0.29) is 0 Å². The van der Waals surface area contributed by atoms with Crippen LogP contribution in [0, 0.1) is 6.92 Å². The monoisotopic (exact) mass is 283 g/mol. The quantitative estimate of drug-likeness (QED) is 0.791. The van der Waals surface area contributed by atoms with E-state index in [1.165, 1.54) is 5.56 Å². The van der Waals surface area contributed by atoms with Crippen molar-refractivity contribution in [1.29, 1.82) is 0 Å². The molecule has 2 heterocycles. The van der Waals surface area contributed by atoms with Crippen LogP contribution in [-0.4, -0.2) is 35.1 Å². The molecular formula is C16H21N5. The normalized spacial score (nSPS) is 10.2. The summed E-state index contributed by atoms with van der Waals surface area (Å²) in [6.45, 7) is 7.20. The fraction of sp³-hybridized carbons (Fsp3) is 0.312. The van der Waals surface area contributed by atoms with Crippen molar-refractivity contribution in [3.8, 4) is 0 Å². The summed E-state index contributed by atoms with van der Waals surface area (Å²) < 4.78 is 0. The Morgan fingerprint density at radius 1 is 1.29 bits per heavy atom. The predicted octanol–water partition coefficient (Wildman–Crippen LogP) is 2.46. The highest BCUT2D eigenvalue weighted by atomic mass is 15.2. The van der Waals surface area contributed by atoms with Gasteiger partial charge in [-0.3, -0.25) is 4.98 Å². The van der Waals surface area contributed by atoms with E-state index in [1.54, 1.807) is 6.08 Å². The lowest BCUT2D eigenvalue weighted by Crippen LogP contribution is -2.22. The van der Waals surface area contributed by atoms with Gasteiger partial charge in [-0.15, -0.1) is 6.58 Å². The van der Waals surface area contributed by atoms with Gasteiger partial charge in [-0.05, 0) is 31.0 Å². The molecule has 0 fully saturated rings. The Balaban J connectivity index is 2.02. The van der Waals surface area contributed by atoms with Crippen molar-refractivity contribution in [3.63, 3.8) is 0 Å². The van der Waals surface area contributed by atoms with E-state index in [1.807, 2.05) is 44.6 Å². The minimum atomic E-state index is 0.640. The summed E-state index contributed by atoms with van der Waals surface area (Å²) >= 11 is 0. The number of nitrogens with zero attached hydrogens (tertiary/aromatic N) is 4. The highest BCUT2D eigenvalue weighted by molar-refractivity contribution is 5.44. The van der Waals surface area contributed by atoms with Crippen molar-refractivity contribution in [2.75, 3.05) is 30.4 Å². The van der Waals surface area contributed by atoms with Crippen molar-refractivity contribution in [2.45, 2.75) is 13.3 Å². The lowest BCUT2D eigenvalue weighted by molar-refractivity contribution is 0.852. The first-order valence-corrected chi connectivity index (χ1v) is 6.99. The van der Waals surface area contributed by atoms with Crippen LogP contribution in [0.25, 0.3) is 0 Å². The molecule has 0 saturated heterocycles. The van der Waals surface area contributed by atoms with Crippen LogP contribution in [0.4, 0.5) is 11.8 Å². The molecule has 0 aliphatic heterocycles. The fourth-order valence-corrected chi connectivity index (χ4v) is 1.95. The summed E-state index contributed by atoms with van der Waals surface area (Å²) in [6, 6.07) is 6.07. The Hall–Kier alpha value is -2.43. The summed E-state index contributed by atoms with van der Waals surface area (Å²) in [5, 5.41) is 3.13. The number of anilines is 2. The van der Waals surface area contributed by atoms with E-state index in [9.17, 15) is 0 Å². The van der Waals surface area contributed by atoms with Gasteiger partial charge in [-0.1, -0.05) is 6.08 Å². The van der Waals surface area contributed by atoms with E-state index < -0.39 is 0 Å². The number of pyridine rings is 1. The first-order valence-electron chi connectivity index (χ1n) is 6.99. The molecule has 0 amide bonds. The molecule has 0 aliphatic carbocycles. The first kappa shape index (κ1) is 15.0. The summed E-state index contributed by atoms with van der Waals surface area (Å²) in [5.74, 6) is 1.56. The van der Waals surface area contributed by atoms with Gasteiger partial charge >= 0.3 is 0 Å². The topological polar surface area (TPSA) is 53.9 Å². The number of rotatable bonds is 7. The molecule has 2 rings (SSSR count). The second kappa shape index (κ2) is 7.38. The number of aromatic nitrogens is 3. The third kappa shape index (κ3) is 4.56. The van der Waals surface area contributed by atoms with Gasteiger partial charge in [0.25, 0.3) is 0 Å². The van der Waals surface area contributed by atoms with Crippen LogP contribution >= 0.6 is 0 Å². The average Bonchev–Trinajstić information content (AvgIpc) is 2.51. The van der Waals surface area contributed by atoms with Crippen molar-refractivity contribution < 1.29 is 0 Å². The van der Waals surface area contributed by atoms with Crippen molar-refractivity contribution in [2.24, 2.45) is 0 Å². The Labute approximate surface area is 125 Å². The lowest BCUT2D eigenvalue weighted by Gasteiger charge is -2.19. The van der Waals surface area contributed by atoms with Gasteiger partial charge in [0.1, 0.15) is 5.82 Å². The van der Waals surface area contributed by atoms with Gasteiger partial charge in [0.05, 0.1) is 0 Å². The molecule has 110 valence electrons. The molecule has 21 heavy (non-hydrogen) atoms. The Bertz CT molecular complexity index is 582. The maximum absolute atomic E-state index is 4.53. The minimum absolute atomic E-state index is 0.640. The first-order chi connectivity index (χ1) is 10.2. The van der Waals surface area contributed by atoms with E-state index in [4.69, 9.17) is 0 Å². The lowest BCUT2D eigenvalue weighted by atomic mass is 10.2. The molecule has 2 aromatic heterocycles. The van der Waals surface area contributed by atoms with Crippen LogP contribution in [0.3, 0.4) is 0 Å². The van der Waals surface area contributed by atoms with Gasteiger partial charge in [0, 0.05) is 44.3 Å². The van der Waals surface area contributed by atoms with Crippen LogP contribution in [0.5, 0.6) is 0 Å². The maximum atomic E-state index is 4.53. The number of hydrogen-bond donors (Lipinski definition) is 1. The number of likely N-dealkylation sites (N-methyl/N-ethyl adjacent to an activating group) is 1. The molecule has 0 aliphatic rings. The number of hydrogen-bond acceptors (Lipinski definition) is 5. The number of aryl methyl sites for hydroxylation is 1. The Kier molecular flexibility index (Phi) is 5.26. The molecule has 0 bridgehead atoms. The molecule has 0 spiro atoms.